The van der Waals surface area contributed by atoms with Crippen LogP contribution in [0, 0.1) is 16.7 Å². The van der Waals surface area contributed by atoms with Gasteiger partial charge in [-0.05, 0) is 113 Å². The molecule has 5 rings (SSSR count). The van der Waals surface area contributed by atoms with Crippen molar-refractivity contribution in [1.82, 2.24) is 9.57 Å². The average molecular weight is 866 g/mol. The van der Waals surface area contributed by atoms with E-state index < -0.39 is 19.5 Å². The van der Waals surface area contributed by atoms with Crippen LogP contribution in [0.5, 0.6) is 17.2 Å². The Morgan fingerprint density at radius 1 is 0.831 bits per heavy atom. The number of likely N-dealkylation sites (tertiary alicyclic amines) is 1. The number of carbonyl (C=O) groups is 1. The molecule has 0 aliphatic carbocycles. The van der Waals surface area contributed by atoms with Crippen LogP contribution in [0.15, 0.2) is 72.8 Å². The lowest BCUT2D eigenvalue weighted by molar-refractivity contribution is -0.136. The van der Waals surface area contributed by atoms with Crippen molar-refractivity contribution < 1.29 is 32.8 Å². The number of nitrogens with zero attached hydrogens (tertiary/aromatic N) is 3. The minimum atomic E-state index is -1.50. The molecule has 3 aromatic rings. The van der Waals surface area contributed by atoms with Crippen LogP contribution in [-0.2, 0) is 24.2 Å². The summed E-state index contributed by atoms with van der Waals surface area (Å²) in [5.41, 5.74) is 1.26. The molecule has 0 aromatic heterocycles. The van der Waals surface area contributed by atoms with E-state index in [1.807, 2.05) is 62.9 Å². The van der Waals surface area contributed by atoms with Crippen LogP contribution in [0.25, 0.3) is 0 Å². The van der Waals surface area contributed by atoms with E-state index in [0.717, 1.165) is 52.0 Å². The van der Waals surface area contributed by atoms with Gasteiger partial charge in [0.2, 0.25) is 5.91 Å². The van der Waals surface area contributed by atoms with Crippen molar-refractivity contribution in [2.45, 2.75) is 102 Å². The Morgan fingerprint density at radius 3 is 1.80 bits per heavy atom. The fraction of sp³-hybridized carbons (Fsp3) is 0.565. The quantitative estimate of drug-likeness (QED) is 0.0394. The van der Waals surface area contributed by atoms with Gasteiger partial charge in [-0.1, -0.05) is 64.4 Å². The van der Waals surface area contributed by atoms with Gasteiger partial charge in [-0.25, -0.2) is 4.67 Å². The van der Waals surface area contributed by atoms with E-state index in [4.69, 9.17) is 28.0 Å². The van der Waals surface area contributed by atoms with Gasteiger partial charge in [0.15, 0.2) is 0 Å². The summed E-state index contributed by atoms with van der Waals surface area (Å²) in [6.45, 7) is 10.8. The third kappa shape index (κ3) is 12.5. The fourth-order valence-corrected chi connectivity index (χ4v) is 12.7. The first-order valence-corrected chi connectivity index (χ1v) is 24.4. The summed E-state index contributed by atoms with van der Waals surface area (Å²) in [5, 5.41) is 10.1. The first-order valence-electron chi connectivity index (χ1n) is 20.9. The van der Waals surface area contributed by atoms with Crippen LogP contribution in [0.3, 0.4) is 0 Å². The van der Waals surface area contributed by atoms with Gasteiger partial charge in [0, 0.05) is 48.0 Å². The van der Waals surface area contributed by atoms with Crippen LogP contribution in [-0.4, -0.2) is 92.8 Å². The second-order valence-corrected chi connectivity index (χ2v) is 20.2. The zero-order chi connectivity index (χ0) is 42.3. The molecule has 322 valence electrons. The summed E-state index contributed by atoms with van der Waals surface area (Å²) < 4.78 is 39.9. The maximum Gasteiger partial charge on any atom is 0.259 e. The molecule has 2 fully saturated rings. The molecule has 0 saturated carbocycles. The summed E-state index contributed by atoms with van der Waals surface area (Å²) >= 11 is 0. The number of amides is 1. The predicted molar refractivity (Wildman–Crippen MR) is 241 cm³/mol. The number of carbonyl (C=O) groups excluding carboxylic acids is 1. The predicted octanol–water partition coefficient (Wildman–Crippen LogP) is 10.6. The number of methoxy groups -OCH3 is 3. The molecule has 10 nitrogen and oxygen atoms in total. The Labute approximate surface area is 362 Å². The van der Waals surface area contributed by atoms with Crippen molar-refractivity contribution in [2.24, 2.45) is 5.41 Å². The van der Waals surface area contributed by atoms with Crippen molar-refractivity contribution in [1.29, 1.82) is 5.26 Å². The Kier molecular flexibility index (Phi) is 18.6. The lowest BCUT2D eigenvalue weighted by atomic mass is 9.77. The summed E-state index contributed by atoms with van der Waals surface area (Å²) in [4.78, 5) is 15.7. The average Bonchev–Trinajstić information content (AvgIpc) is 3.79. The highest BCUT2D eigenvalue weighted by molar-refractivity contribution is 8.77. The topological polar surface area (TPSA) is 103 Å². The number of hydrogen-bond acceptors (Lipinski definition) is 11. The van der Waals surface area contributed by atoms with Gasteiger partial charge < -0.3 is 32.9 Å². The number of unbranched alkanes of at least 4 members (excludes halogenated alkanes) is 1. The summed E-state index contributed by atoms with van der Waals surface area (Å²) in [6.07, 6.45) is 6.73. The van der Waals surface area contributed by atoms with Gasteiger partial charge in [-0.3, -0.25) is 4.79 Å². The Balaban J connectivity index is 1.50. The molecule has 13 heteroatoms. The maximum atomic E-state index is 13.7. The van der Waals surface area contributed by atoms with Gasteiger partial charge in [0.1, 0.15) is 22.8 Å². The maximum absolute atomic E-state index is 13.7. The van der Waals surface area contributed by atoms with E-state index in [-0.39, 0.29) is 31.0 Å². The molecule has 0 bridgehead atoms. The van der Waals surface area contributed by atoms with Gasteiger partial charge in [0.25, 0.3) is 8.53 Å². The fourth-order valence-electron chi connectivity index (χ4n) is 7.93. The molecule has 1 amide bonds. The molecule has 59 heavy (non-hydrogen) atoms. The summed E-state index contributed by atoms with van der Waals surface area (Å²) in [6, 6.07) is 26.7. The van der Waals surface area contributed by atoms with Crippen LogP contribution >= 0.6 is 30.1 Å². The smallest absolute Gasteiger partial charge is 0.259 e. The van der Waals surface area contributed by atoms with E-state index in [0.29, 0.717) is 45.6 Å². The van der Waals surface area contributed by atoms with Crippen LogP contribution in [0.1, 0.15) is 95.8 Å². The normalized spacial score (nSPS) is 17.3. The molecular formula is C46H64N3O7PS2. The number of piperidine rings is 1. The number of rotatable bonds is 23. The monoisotopic (exact) mass is 865 g/mol. The standard InChI is InChI=1S/C46H64N3O7PS2/c1-35(2)49(36(3)4)57(55-31-10-28-47)56-34-45(26-29-48(30-27-45)44(50)12-9-8-11-43-25-32-58-59-43)33-54-46(37-13-19-40(51-5)20-14-37,38-15-21-41(52-6)22-16-38)39-17-23-42(53-7)24-18-39/h13-24,35-36,43H,8-12,25-27,29-34H2,1-7H3/t43-,57?/m1/s1. The number of ether oxygens (including phenoxy) is 4. The highest BCUT2D eigenvalue weighted by Crippen LogP contribution is 2.50. The van der Waals surface area contributed by atoms with E-state index >= 15 is 0 Å². The van der Waals surface area contributed by atoms with Crippen LogP contribution in [0.2, 0.25) is 0 Å². The highest BCUT2D eigenvalue weighted by atomic mass is 33.1. The summed E-state index contributed by atoms with van der Waals surface area (Å²) in [5.74, 6) is 3.70. The molecule has 2 atom stereocenters. The molecule has 1 unspecified atom stereocenters. The van der Waals surface area contributed by atoms with Crippen LogP contribution < -0.4 is 14.2 Å². The molecular weight excluding hydrogens is 802 g/mol. The Morgan fingerprint density at radius 2 is 1.36 bits per heavy atom. The zero-order valence-corrected chi connectivity index (χ0v) is 38.6. The van der Waals surface area contributed by atoms with Gasteiger partial charge in [-0.15, -0.1) is 0 Å². The third-order valence-corrected chi connectivity index (χ3v) is 16.4. The largest absolute Gasteiger partial charge is 0.497 e. The summed E-state index contributed by atoms with van der Waals surface area (Å²) in [7, 11) is 7.49. The van der Waals surface area contributed by atoms with Crippen molar-refractivity contribution in [3.63, 3.8) is 0 Å². The van der Waals surface area contributed by atoms with Crippen molar-refractivity contribution in [2.75, 3.05) is 60.0 Å². The van der Waals surface area contributed by atoms with E-state index in [2.05, 4.69) is 74.8 Å². The van der Waals surface area contributed by atoms with Crippen molar-refractivity contribution in [3.8, 4) is 23.3 Å². The van der Waals surface area contributed by atoms with Crippen molar-refractivity contribution >= 4 is 36.0 Å². The number of benzene rings is 3. The van der Waals surface area contributed by atoms with Crippen LogP contribution in [0.4, 0.5) is 0 Å². The molecule has 3 aromatic carbocycles. The molecule has 2 aliphatic rings. The Hall–Kier alpha value is -3.01. The third-order valence-electron chi connectivity index (χ3n) is 11.3. The highest BCUT2D eigenvalue weighted by Gasteiger charge is 2.44. The van der Waals surface area contributed by atoms with E-state index in [1.165, 1.54) is 18.6 Å². The van der Waals surface area contributed by atoms with Gasteiger partial charge >= 0.3 is 0 Å². The number of hydrogen-bond donors (Lipinski definition) is 0. The van der Waals surface area contributed by atoms with E-state index in [1.54, 1.807) is 21.3 Å². The SMILES string of the molecule is COc1ccc(C(OCC2(COP(OCCC#N)N(C(C)C)C(C)C)CCN(C(=O)CCCC[C@@H]3CCSS3)CC2)(c2ccc(OC)cc2)c2ccc(OC)cc2)cc1. The Bertz CT molecular complexity index is 1620. The minimum absolute atomic E-state index is 0.161. The lowest BCUT2D eigenvalue weighted by Crippen LogP contribution is -2.48. The first kappa shape index (κ1) is 47.0. The van der Waals surface area contributed by atoms with Crippen molar-refractivity contribution in [3.05, 3.63) is 89.5 Å². The lowest BCUT2D eigenvalue weighted by Gasteiger charge is -2.46. The molecule has 0 radical (unpaired) electrons. The molecule has 2 heterocycles. The van der Waals surface area contributed by atoms with Gasteiger partial charge in [0.05, 0.1) is 53.6 Å². The molecule has 0 N–H and O–H groups in total. The minimum Gasteiger partial charge on any atom is -0.497 e. The second kappa shape index (κ2) is 23.3. The number of nitriles is 1. The molecule has 0 spiro atoms. The van der Waals surface area contributed by atoms with Gasteiger partial charge in [-0.2, -0.15) is 5.26 Å². The molecule has 2 saturated heterocycles. The van der Waals surface area contributed by atoms with E-state index in [9.17, 15) is 10.1 Å². The molecule has 2 aliphatic heterocycles. The zero-order valence-electron chi connectivity index (χ0n) is 36.0. The second-order valence-electron chi connectivity index (χ2n) is 15.9. The first-order chi connectivity index (χ1) is 28.6.